The molecule has 1 aliphatic heterocycles. The predicted octanol–water partition coefficient (Wildman–Crippen LogP) is 3.94. The summed E-state index contributed by atoms with van der Waals surface area (Å²) in [5.74, 6) is -1.44. The van der Waals surface area contributed by atoms with Crippen LogP contribution in [0.25, 0.3) is 0 Å². The number of aryl methyl sites for hydroxylation is 1. The molecule has 1 N–H and O–H groups in total. The number of likely N-dealkylation sites (tertiary alicyclic amines) is 1. The molecule has 0 radical (unpaired) electrons. The summed E-state index contributed by atoms with van der Waals surface area (Å²) in [6.07, 6.45) is 1.85. The van der Waals surface area contributed by atoms with Crippen molar-refractivity contribution in [1.82, 2.24) is 4.90 Å². The lowest BCUT2D eigenvalue weighted by Gasteiger charge is -2.14. The van der Waals surface area contributed by atoms with Crippen LogP contribution in [0.1, 0.15) is 61.3 Å². The molecule has 9 nitrogen and oxygen atoms in total. The number of hydrogen-bond donors (Lipinski definition) is 1. The number of amides is 2. The zero-order chi connectivity index (χ0) is 22.7. The van der Waals surface area contributed by atoms with E-state index in [2.05, 4.69) is 5.32 Å². The predicted molar refractivity (Wildman–Crippen MR) is 116 cm³/mol. The first-order chi connectivity index (χ1) is 14.7. The fourth-order valence-electron chi connectivity index (χ4n) is 3.44. The van der Waals surface area contributed by atoms with Crippen molar-refractivity contribution in [3.63, 3.8) is 0 Å². The molecule has 1 aliphatic rings. The third kappa shape index (κ3) is 4.58. The molecule has 164 valence electrons. The van der Waals surface area contributed by atoms with Crippen molar-refractivity contribution in [1.29, 1.82) is 0 Å². The van der Waals surface area contributed by atoms with Gasteiger partial charge in [0.25, 0.3) is 17.5 Å². The van der Waals surface area contributed by atoms with E-state index in [1.54, 1.807) is 25.7 Å². The van der Waals surface area contributed by atoms with Gasteiger partial charge in [-0.3, -0.25) is 19.7 Å². The number of rotatable bonds is 6. The highest BCUT2D eigenvalue weighted by atomic mass is 32.1. The van der Waals surface area contributed by atoms with Crippen LogP contribution in [0.15, 0.2) is 18.2 Å². The molecule has 0 bridgehead atoms. The summed E-state index contributed by atoms with van der Waals surface area (Å²) >= 11 is 1.01. The molecule has 1 saturated heterocycles. The summed E-state index contributed by atoms with van der Waals surface area (Å²) in [5, 5.41) is 14.0. The summed E-state index contributed by atoms with van der Waals surface area (Å²) in [7, 11) is 0. The van der Waals surface area contributed by atoms with Crippen LogP contribution in [0.3, 0.4) is 0 Å². The van der Waals surface area contributed by atoms with E-state index in [0.29, 0.717) is 29.1 Å². The molecule has 10 heteroatoms. The normalized spacial score (nSPS) is 13.2. The number of ether oxygens (including phenoxy) is 1. The van der Waals surface area contributed by atoms with Gasteiger partial charge in [0.15, 0.2) is 0 Å². The summed E-state index contributed by atoms with van der Waals surface area (Å²) in [6.45, 7) is 6.34. The van der Waals surface area contributed by atoms with Gasteiger partial charge in [-0.25, -0.2) is 4.79 Å². The molecular weight excluding hydrogens is 422 g/mol. The lowest BCUT2D eigenvalue weighted by Crippen LogP contribution is -2.27. The first kappa shape index (κ1) is 22.4. The molecule has 0 atom stereocenters. The van der Waals surface area contributed by atoms with Crippen molar-refractivity contribution < 1.29 is 24.0 Å². The highest BCUT2D eigenvalue weighted by Crippen LogP contribution is 2.35. The molecule has 0 spiro atoms. The van der Waals surface area contributed by atoms with Crippen molar-refractivity contribution in [2.45, 2.75) is 33.6 Å². The third-order valence-corrected chi connectivity index (χ3v) is 6.30. The highest BCUT2D eigenvalue weighted by Gasteiger charge is 2.30. The van der Waals surface area contributed by atoms with Gasteiger partial charge >= 0.3 is 5.97 Å². The standard InChI is InChI=1S/C21H23N3O6S/c1-4-30-21(27)16-13(3)17(20(26)23-9-5-6-10-23)31-19(16)22-18(25)14-8-7-12(2)15(11-14)24(28)29/h7-8,11H,4-6,9-10H2,1-3H3,(H,22,25). The molecule has 3 rings (SSSR count). The minimum atomic E-state index is -0.637. The molecule has 31 heavy (non-hydrogen) atoms. The van der Waals surface area contributed by atoms with Gasteiger partial charge in [0.1, 0.15) is 5.00 Å². The van der Waals surface area contributed by atoms with Gasteiger partial charge in [0.2, 0.25) is 0 Å². The van der Waals surface area contributed by atoms with Crippen LogP contribution < -0.4 is 5.32 Å². The fourth-order valence-corrected chi connectivity index (χ4v) is 4.60. The van der Waals surface area contributed by atoms with Crippen molar-refractivity contribution in [3.05, 3.63) is 55.4 Å². The van der Waals surface area contributed by atoms with Crippen LogP contribution in [-0.2, 0) is 4.74 Å². The second-order valence-corrected chi connectivity index (χ2v) is 8.21. The molecule has 0 unspecified atom stereocenters. The zero-order valence-corrected chi connectivity index (χ0v) is 18.3. The topological polar surface area (TPSA) is 119 Å². The Morgan fingerprint density at radius 3 is 2.52 bits per heavy atom. The van der Waals surface area contributed by atoms with E-state index >= 15 is 0 Å². The van der Waals surface area contributed by atoms with Crippen LogP contribution in [-0.4, -0.2) is 47.3 Å². The number of anilines is 1. The average molecular weight is 445 g/mol. The van der Waals surface area contributed by atoms with E-state index in [9.17, 15) is 24.5 Å². The Hall–Kier alpha value is -3.27. The Morgan fingerprint density at radius 2 is 1.90 bits per heavy atom. The van der Waals surface area contributed by atoms with Crippen molar-refractivity contribution >= 4 is 39.8 Å². The molecule has 1 aromatic carbocycles. The highest BCUT2D eigenvalue weighted by molar-refractivity contribution is 7.18. The van der Waals surface area contributed by atoms with Gasteiger partial charge in [-0.05, 0) is 45.2 Å². The van der Waals surface area contributed by atoms with E-state index in [-0.39, 0.29) is 34.3 Å². The number of carbonyl (C=O) groups excluding carboxylic acids is 3. The van der Waals surface area contributed by atoms with Crippen molar-refractivity contribution in [2.24, 2.45) is 0 Å². The van der Waals surface area contributed by atoms with Crippen LogP contribution >= 0.6 is 11.3 Å². The second kappa shape index (κ2) is 9.25. The number of benzene rings is 1. The van der Waals surface area contributed by atoms with E-state index < -0.39 is 16.8 Å². The van der Waals surface area contributed by atoms with Crippen LogP contribution in [0.2, 0.25) is 0 Å². The molecule has 1 fully saturated rings. The SMILES string of the molecule is CCOC(=O)c1c(NC(=O)c2ccc(C)c([N+](=O)[O-])c2)sc(C(=O)N2CCCC2)c1C. The lowest BCUT2D eigenvalue weighted by molar-refractivity contribution is -0.385. The Morgan fingerprint density at radius 1 is 1.23 bits per heavy atom. The van der Waals surface area contributed by atoms with Crippen LogP contribution in [0.4, 0.5) is 10.7 Å². The number of esters is 1. The Kier molecular flexibility index (Phi) is 6.69. The van der Waals surface area contributed by atoms with Gasteiger partial charge in [-0.1, -0.05) is 6.07 Å². The third-order valence-electron chi connectivity index (χ3n) is 5.11. The van der Waals surface area contributed by atoms with Gasteiger partial charge in [0, 0.05) is 30.3 Å². The summed E-state index contributed by atoms with van der Waals surface area (Å²) in [6, 6.07) is 4.14. The van der Waals surface area contributed by atoms with E-state index in [0.717, 1.165) is 24.2 Å². The number of nitro groups is 1. The largest absolute Gasteiger partial charge is 0.462 e. The average Bonchev–Trinajstić information content (AvgIpc) is 3.36. The van der Waals surface area contributed by atoms with Crippen LogP contribution in [0, 0.1) is 24.0 Å². The maximum Gasteiger partial charge on any atom is 0.341 e. The quantitative estimate of drug-likeness (QED) is 0.409. The zero-order valence-electron chi connectivity index (χ0n) is 17.5. The molecule has 2 heterocycles. The monoisotopic (exact) mass is 445 g/mol. The summed E-state index contributed by atoms with van der Waals surface area (Å²) in [5.41, 5.74) is 0.908. The maximum atomic E-state index is 12.9. The first-order valence-corrected chi connectivity index (χ1v) is 10.7. The van der Waals surface area contributed by atoms with E-state index in [4.69, 9.17) is 4.74 Å². The molecule has 2 aromatic rings. The number of nitrogens with zero attached hydrogens (tertiary/aromatic N) is 2. The minimum Gasteiger partial charge on any atom is -0.462 e. The van der Waals surface area contributed by atoms with Gasteiger partial charge < -0.3 is 15.0 Å². The molecule has 0 aliphatic carbocycles. The van der Waals surface area contributed by atoms with Gasteiger partial charge in [0.05, 0.1) is 22.0 Å². The first-order valence-electron chi connectivity index (χ1n) is 9.90. The number of carbonyl (C=O) groups is 3. The summed E-state index contributed by atoms with van der Waals surface area (Å²) < 4.78 is 5.12. The number of hydrogen-bond acceptors (Lipinski definition) is 7. The van der Waals surface area contributed by atoms with Crippen molar-refractivity contribution in [3.8, 4) is 0 Å². The second-order valence-electron chi connectivity index (χ2n) is 7.19. The fraction of sp³-hybridized carbons (Fsp3) is 0.381. The minimum absolute atomic E-state index is 0.0746. The summed E-state index contributed by atoms with van der Waals surface area (Å²) in [4.78, 5) is 51.0. The maximum absolute atomic E-state index is 12.9. The van der Waals surface area contributed by atoms with Crippen LogP contribution in [0.5, 0.6) is 0 Å². The van der Waals surface area contributed by atoms with Gasteiger partial charge in [-0.2, -0.15) is 0 Å². The lowest BCUT2D eigenvalue weighted by atomic mass is 10.1. The van der Waals surface area contributed by atoms with Gasteiger partial charge in [-0.15, -0.1) is 11.3 Å². The number of nitrogens with one attached hydrogen (secondary N) is 1. The Balaban J connectivity index is 1.97. The van der Waals surface area contributed by atoms with Crippen molar-refractivity contribution in [2.75, 3.05) is 25.0 Å². The number of thiophene rings is 1. The molecule has 0 saturated carbocycles. The smallest absolute Gasteiger partial charge is 0.341 e. The van der Waals surface area contributed by atoms with E-state index in [1.807, 2.05) is 0 Å². The Labute approximate surface area is 183 Å². The molecule has 2 amide bonds. The molecule has 1 aromatic heterocycles. The van der Waals surface area contributed by atoms with E-state index in [1.165, 1.54) is 18.2 Å². The number of nitro benzene ring substituents is 1. The molecular formula is C21H23N3O6S. The Bertz CT molecular complexity index is 1060.